The quantitative estimate of drug-likeness (QED) is 0.398. The molecule has 1 unspecified atom stereocenters. The molecule has 10 heteroatoms. The van der Waals surface area contributed by atoms with Crippen LogP contribution in [0.1, 0.15) is 31.2 Å². The predicted molar refractivity (Wildman–Crippen MR) is 117 cm³/mol. The van der Waals surface area contributed by atoms with Gasteiger partial charge in [0.15, 0.2) is 5.76 Å². The van der Waals surface area contributed by atoms with Crippen LogP contribution >= 0.6 is 24.0 Å². The highest BCUT2D eigenvalue weighted by molar-refractivity contribution is 8.26. The Bertz CT molecular complexity index is 942. The molecule has 0 aromatic heterocycles. The second-order valence-corrected chi connectivity index (χ2v) is 8.61. The second kappa shape index (κ2) is 10.5. The van der Waals surface area contributed by atoms with E-state index in [1.807, 2.05) is 30.3 Å². The number of hydrogen-bond donors (Lipinski definition) is 2. The van der Waals surface area contributed by atoms with E-state index in [2.05, 4.69) is 0 Å². The number of rotatable bonds is 10. The first-order valence-corrected chi connectivity index (χ1v) is 10.8. The first-order valence-electron chi connectivity index (χ1n) is 9.57. The highest BCUT2D eigenvalue weighted by Gasteiger charge is 2.40. The fourth-order valence-corrected chi connectivity index (χ4v) is 4.84. The largest absolute Gasteiger partial charge is 0.481 e. The summed E-state index contributed by atoms with van der Waals surface area (Å²) in [6.45, 7) is 0.0464. The first-order chi connectivity index (χ1) is 14.9. The summed E-state index contributed by atoms with van der Waals surface area (Å²) in [6.07, 6.45) is 1.88. The van der Waals surface area contributed by atoms with Crippen LogP contribution in [0.15, 0.2) is 52.8 Å². The van der Waals surface area contributed by atoms with Crippen molar-refractivity contribution in [2.24, 2.45) is 0 Å². The number of carbonyl (C=O) groups is 3. The molecule has 1 aromatic rings. The van der Waals surface area contributed by atoms with Gasteiger partial charge < -0.3 is 19.7 Å². The Labute approximate surface area is 188 Å². The van der Waals surface area contributed by atoms with E-state index in [4.69, 9.17) is 26.8 Å². The van der Waals surface area contributed by atoms with E-state index in [-0.39, 0.29) is 36.8 Å². The van der Waals surface area contributed by atoms with Crippen molar-refractivity contribution in [1.29, 1.82) is 0 Å². The van der Waals surface area contributed by atoms with Crippen LogP contribution in [-0.2, 0) is 30.3 Å². The van der Waals surface area contributed by atoms with Crippen molar-refractivity contribution < 1.29 is 34.1 Å². The van der Waals surface area contributed by atoms with Crippen molar-refractivity contribution >= 4 is 46.1 Å². The summed E-state index contributed by atoms with van der Waals surface area (Å²) < 4.78 is 11.0. The van der Waals surface area contributed by atoms with Crippen LogP contribution in [0.3, 0.4) is 0 Å². The van der Waals surface area contributed by atoms with E-state index in [1.54, 1.807) is 0 Å². The maximum Gasteiger partial charge on any atom is 0.305 e. The van der Waals surface area contributed by atoms with Gasteiger partial charge in [0, 0.05) is 24.5 Å². The van der Waals surface area contributed by atoms with Crippen LogP contribution in [0.25, 0.3) is 0 Å². The van der Waals surface area contributed by atoms with Crippen LogP contribution in [0, 0.1) is 0 Å². The summed E-state index contributed by atoms with van der Waals surface area (Å²) in [5.74, 6) is -2.03. The molecular formula is C21H21NO7S2. The van der Waals surface area contributed by atoms with Crippen LogP contribution in [0.5, 0.6) is 0 Å². The molecule has 0 bridgehead atoms. The molecule has 3 rings (SSSR count). The lowest BCUT2D eigenvalue weighted by Crippen LogP contribution is -2.40. The maximum absolute atomic E-state index is 13.4. The predicted octanol–water partition coefficient (Wildman–Crippen LogP) is 3.29. The van der Waals surface area contributed by atoms with Gasteiger partial charge in [-0.3, -0.25) is 19.3 Å². The van der Waals surface area contributed by atoms with Crippen LogP contribution in [-0.4, -0.2) is 50.1 Å². The topological polar surface area (TPSA) is 113 Å². The SMILES string of the molecule is O=C(O)CCCC(CC(=O)O)N1C(=O)C(=C(Cc2ccccc2)C2=COCO2)SC1=S. The molecule has 1 amide bonds. The number of thiocarbonyl (C=S) groups is 1. The van der Waals surface area contributed by atoms with E-state index in [1.165, 1.54) is 11.2 Å². The van der Waals surface area contributed by atoms with Gasteiger partial charge in [-0.2, -0.15) is 0 Å². The number of carbonyl (C=O) groups excluding carboxylic acids is 1. The number of aliphatic carboxylic acids is 2. The Kier molecular flexibility index (Phi) is 7.69. The molecule has 164 valence electrons. The minimum atomic E-state index is -1.09. The molecule has 2 heterocycles. The van der Waals surface area contributed by atoms with Gasteiger partial charge in [-0.05, 0) is 18.4 Å². The van der Waals surface area contributed by atoms with E-state index in [0.29, 0.717) is 22.7 Å². The Morgan fingerprint density at radius 2 is 1.94 bits per heavy atom. The fraction of sp³-hybridized carbons (Fsp3) is 0.333. The lowest BCUT2D eigenvalue weighted by molar-refractivity contribution is -0.138. The molecular weight excluding hydrogens is 442 g/mol. The zero-order valence-corrected chi connectivity index (χ0v) is 18.1. The summed E-state index contributed by atoms with van der Waals surface area (Å²) in [6, 6.07) is 8.81. The van der Waals surface area contributed by atoms with Crippen molar-refractivity contribution in [2.45, 2.75) is 38.1 Å². The monoisotopic (exact) mass is 463 g/mol. The van der Waals surface area contributed by atoms with Crippen molar-refractivity contribution in [3.05, 3.63) is 58.4 Å². The van der Waals surface area contributed by atoms with E-state index < -0.39 is 23.9 Å². The number of allylic oxidation sites excluding steroid dienone is 1. The molecule has 0 saturated carbocycles. The lowest BCUT2D eigenvalue weighted by atomic mass is 10.0. The number of benzene rings is 1. The van der Waals surface area contributed by atoms with Gasteiger partial charge in [0.25, 0.3) is 5.91 Å². The number of thioether (sulfide) groups is 1. The Balaban J connectivity index is 1.91. The molecule has 1 fully saturated rings. The molecule has 0 radical (unpaired) electrons. The molecule has 2 aliphatic heterocycles. The van der Waals surface area contributed by atoms with E-state index >= 15 is 0 Å². The standard InChI is InChI=1S/C21H21NO7S2/c23-17(24)8-4-7-14(10-18(25)26)22-20(27)19(31-21(22)30)15(16-11-28-12-29-16)9-13-5-2-1-3-6-13/h1-3,5-6,11,14H,4,7-10,12H2,(H,23,24)(H,25,26). The molecule has 2 N–H and O–H groups in total. The molecule has 1 saturated heterocycles. The normalized spacial score (nSPS) is 18.3. The lowest BCUT2D eigenvalue weighted by Gasteiger charge is -2.25. The Hall–Kier alpha value is -2.85. The van der Waals surface area contributed by atoms with Gasteiger partial charge in [-0.15, -0.1) is 0 Å². The second-order valence-electron chi connectivity index (χ2n) is 6.96. The van der Waals surface area contributed by atoms with Crippen LogP contribution < -0.4 is 0 Å². The molecule has 1 atom stereocenters. The highest BCUT2D eigenvalue weighted by Crippen LogP contribution is 2.40. The van der Waals surface area contributed by atoms with Gasteiger partial charge in [-0.25, -0.2) is 0 Å². The number of carboxylic acid groups (broad SMARTS) is 2. The fourth-order valence-electron chi connectivity index (χ4n) is 3.37. The number of carboxylic acids is 2. The van der Waals surface area contributed by atoms with Gasteiger partial charge in [0.05, 0.1) is 11.3 Å². The molecule has 8 nitrogen and oxygen atoms in total. The number of nitrogens with zero attached hydrogens (tertiary/aromatic N) is 1. The Morgan fingerprint density at radius 1 is 1.19 bits per heavy atom. The zero-order chi connectivity index (χ0) is 22.4. The average Bonchev–Trinajstić information content (AvgIpc) is 3.34. The molecule has 2 aliphatic rings. The van der Waals surface area contributed by atoms with Gasteiger partial charge in [0.2, 0.25) is 6.79 Å². The third-order valence-corrected chi connectivity index (χ3v) is 6.21. The molecule has 0 aliphatic carbocycles. The minimum Gasteiger partial charge on any atom is -0.481 e. The molecule has 31 heavy (non-hydrogen) atoms. The Morgan fingerprint density at radius 3 is 2.55 bits per heavy atom. The maximum atomic E-state index is 13.4. The average molecular weight is 464 g/mol. The van der Waals surface area contributed by atoms with E-state index in [9.17, 15) is 19.5 Å². The third kappa shape index (κ3) is 5.86. The van der Waals surface area contributed by atoms with Crippen molar-refractivity contribution in [3.63, 3.8) is 0 Å². The summed E-state index contributed by atoms with van der Waals surface area (Å²) in [7, 11) is 0. The summed E-state index contributed by atoms with van der Waals surface area (Å²) in [5, 5.41) is 18.2. The summed E-state index contributed by atoms with van der Waals surface area (Å²) in [5.41, 5.74) is 1.57. The van der Waals surface area contributed by atoms with Crippen molar-refractivity contribution in [2.75, 3.05) is 6.79 Å². The van der Waals surface area contributed by atoms with Gasteiger partial charge in [-0.1, -0.05) is 54.3 Å². The minimum absolute atomic E-state index is 0.0464. The number of ether oxygens (including phenoxy) is 2. The summed E-state index contributed by atoms with van der Waals surface area (Å²) in [4.78, 5) is 37.2. The van der Waals surface area contributed by atoms with Crippen LogP contribution in [0.2, 0.25) is 0 Å². The number of hydrogen-bond acceptors (Lipinski definition) is 7. The molecule has 0 spiro atoms. The van der Waals surface area contributed by atoms with Crippen LogP contribution in [0.4, 0.5) is 0 Å². The molecule has 1 aromatic carbocycles. The number of amides is 1. The third-order valence-electron chi connectivity index (χ3n) is 4.77. The first kappa shape index (κ1) is 22.8. The smallest absolute Gasteiger partial charge is 0.305 e. The van der Waals surface area contributed by atoms with Crippen molar-refractivity contribution in [3.8, 4) is 0 Å². The highest BCUT2D eigenvalue weighted by atomic mass is 32.2. The summed E-state index contributed by atoms with van der Waals surface area (Å²) >= 11 is 6.51. The van der Waals surface area contributed by atoms with Gasteiger partial charge in [0.1, 0.15) is 10.6 Å². The van der Waals surface area contributed by atoms with E-state index in [0.717, 1.165) is 17.3 Å². The van der Waals surface area contributed by atoms with Gasteiger partial charge >= 0.3 is 11.9 Å². The van der Waals surface area contributed by atoms with Crippen molar-refractivity contribution in [1.82, 2.24) is 4.90 Å². The zero-order valence-electron chi connectivity index (χ0n) is 16.5.